The van der Waals surface area contributed by atoms with E-state index in [9.17, 15) is 30.6 Å². The number of rotatable bonds is 6. The zero-order chi connectivity index (χ0) is 23.0. The monoisotopic (exact) mass is 454 g/mol. The van der Waals surface area contributed by atoms with Crippen LogP contribution in [0.15, 0.2) is 0 Å². The zero-order valence-corrected chi connectivity index (χ0v) is 16.8. The van der Waals surface area contributed by atoms with Crippen molar-refractivity contribution in [1.82, 2.24) is 0 Å². The summed E-state index contributed by atoms with van der Waals surface area (Å²) in [4.78, 5) is 0. The molecule has 0 aromatic carbocycles. The van der Waals surface area contributed by atoms with Crippen molar-refractivity contribution in [2.45, 2.75) is 92.1 Å². The summed E-state index contributed by atoms with van der Waals surface area (Å²) in [5, 5.41) is 60.6. The van der Waals surface area contributed by atoms with Gasteiger partial charge in [-0.25, -0.2) is 0 Å². The van der Waals surface area contributed by atoms with Gasteiger partial charge in [0.1, 0.15) is 48.8 Å². The molecule has 0 aromatic rings. The molecule has 14 N–H and O–H groups in total. The summed E-state index contributed by atoms with van der Waals surface area (Å²) >= 11 is 0. The molecule has 0 bridgehead atoms. The molecule has 31 heavy (non-hydrogen) atoms. The molecule has 182 valence electrons. The van der Waals surface area contributed by atoms with E-state index in [0.717, 1.165) is 0 Å². The van der Waals surface area contributed by atoms with Crippen LogP contribution < -0.4 is 22.9 Å². The molecule has 5 unspecified atom stereocenters. The lowest BCUT2D eigenvalue weighted by Gasteiger charge is -2.47. The molecule has 1 saturated carbocycles. The maximum atomic E-state index is 10.5. The van der Waals surface area contributed by atoms with E-state index in [1.54, 1.807) is 0 Å². The van der Waals surface area contributed by atoms with Crippen LogP contribution in [0.5, 0.6) is 0 Å². The van der Waals surface area contributed by atoms with Gasteiger partial charge in [0.05, 0.1) is 18.8 Å². The lowest BCUT2D eigenvalue weighted by Crippen LogP contribution is -2.68. The Labute approximate surface area is 178 Å². The Bertz CT molecular complexity index is 593. The van der Waals surface area contributed by atoms with Crippen molar-refractivity contribution in [2.75, 3.05) is 13.2 Å². The van der Waals surface area contributed by atoms with Crippen molar-refractivity contribution >= 4 is 0 Å². The Kier molecular flexibility index (Phi) is 8.21. The molecule has 2 saturated heterocycles. The summed E-state index contributed by atoms with van der Waals surface area (Å²) in [5.41, 5.74) is 23.4. The number of ether oxygens (including phenoxy) is 4. The largest absolute Gasteiger partial charge is 0.394 e. The van der Waals surface area contributed by atoms with Crippen LogP contribution in [0.25, 0.3) is 0 Å². The summed E-state index contributed by atoms with van der Waals surface area (Å²) in [6, 6.07) is -2.67. The second-order valence-corrected chi connectivity index (χ2v) is 8.30. The molecule has 0 radical (unpaired) electrons. The van der Waals surface area contributed by atoms with Crippen LogP contribution in [0.3, 0.4) is 0 Å². The third-order valence-corrected chi connectivity index (χ3v) is 6.12. The van der Waals surface area contributed by atoms with E-state index in [1.807, 2.05) is 0 Å². The van der Waals surface area contributed by atoms with Crippen LogP contribution in [0, 0.1) is 0 Å². The van der Waals surface area contributed by atoms with Gasteiger partial charge in [-0.1, -0.05) is 0 Å². The van der Waals surface area contributed by atoms with Crippen molar-refractivity contribution < 1.29 is 49.6 Å². The molecule has 3 fully saturated rings. The quantitative estimate of drug-likeness (QED) is 0.179. The van der Waals surface area contributed by atoms with E-state index >= 15 is 0 Å². The van der Waals surface area contributed by atoms with E-state index in [2.05, 4.69) is 0 Å². The first kappa shape index (κ1) is 25.1. The van der Waals surface area contributed by atoms with Crippen LogP contribution in [0.2, 0.25) is 0 Å². The number of nitrogens with two attached hydrogens (primary N) is 4. The first-order chi connectivity index (χ1) is 14.6. The van der Waals surface area contributed by atoms with Gasteiger partial charge in [0.2, 0.25) is 0 Å². The van der Waals surface area contributed by atoms with Gasteiger partial charge in [-0.15, -0.1) is 0 Å². The summed E-state index contributed by atoms with van der Waals surface area (Å²) in [6.45, 7) is -0.699. The minimum atomic E-state index is -1.45. The Morgan fingerprint density at radius 1 is 0.710 bits per heavy atom. The average Bonchev–Trinajstić information content (AvgIpc) is 3.01. The first-order valence-corrected chi connectivity index (χ1v) is 10.2. The molecule has 14 atom stereocenters. The molecular formula is C17H34N4O10. The highest BCUT2D eigenvalue weighted by atomic mass is 16.7. The summed E-state index contributed by atoms with van der Waals surface area (Å²) in [7, 11) is 0. The fourth-order valence-corrected chi connectivity index (χ4v) is 4.18. The van der Waals surface area contributed by atoms with Gasteiger partial charge in [-0.3, -0.25) is 0 Å². The Hall–Kier alpha value is -0.560. The molecule has 1 aliphatic carbocycles. The highest BCUT2D eigenvalue weighted by Crippen LogP contribution is 2.31. The van der Waals surface area contributed by atoms with Gasteiger partial charge in [0.15, 0.2) is 12.6 Å². The van der Waals surface area contributed by atoms with Gasteiger partial charge in [0, 0.05) is 18.6 Å². The lowest BCUT2D eigenvalue weighted by atomic mass is 9.84. The molecule has 14 nitrogen and oxygen atoms in total. The van der Waals surface area contributed by atoms with Gasteiger partial charge >= 0.3 is 0 Å². The minimum Gasteiger partial charge on any atom is -0.394 e. The van der Waals surface area contributed by atoms with Crippen LogP contribution in [0.4, 0.5) is 0 Å². The fourth-order valence-electron chi connectivity index (χ4n) is 4.18. The van der Waals surface area contributed by atoms with Crippen molar-refractivity contribution in [1.29, 1.82) is 0 Å². The van der Waals surface area contributed by atoms with E-state index in [4.69, 9.17) is 41.9 Å². The van der Waals surface area contributed by atoms with Crippen LogP contribution in [-0.2, 0) is 18.9 Å². The van der Waals surface area contributed by atoms with Crippen molar-refractivity contribution in [3.63, 3.8) is 0 Å². The van der Waals surface area contributed by atoms with Crippen LogP contribution in [0.1, 0.15) is 6.42 Å². The fraction of sp³-hybridized carbons (Fsp3) is 1.00. The Balaban J connectivity index is 1.74. The van der Waals surface area contributed by atoms with Gasteiger partial charge in [-0.2, -0.15) is 0 Å². The number of aliphatic hydroxyl groups excluding tert-OH is 6. The number of hydrogen-bond acceptors (Lipinski definition) is 14. The molecular weight excluding hydrogens is 420 g/mol. The first-order valence-electron chi connectivity index (χ1n) is 10.2. The molecule has 2 aliphatic heterocycles. The molecule has 0 spiro atoms. The third kappa shape index (κ3) is 4.87. The number of hydrogen-bond donors (Lipinski definition) is 10. The van der Waals surface area contributed by atoms with Crippen molar-refractivity contribution in [3.05, 3.63) is 0 Å². The van der Waals surface area contributed by atoms with Crippen molar-refractivity contribution in [2.24, 2.45) is 22.9 Å². The predicted molar refractivity (Wildman–Crippen MR) is 102 cm³/mol. The molecule has 0 aromatic heterocycles. The summed E-state index contributed by atoms with van der Waals surface area (Å²) in [6.07, 6.45) is -13.8. The van der Waals surface area contributed by atoms with Crippen LogP contribution >= 0.6 is 0 Å². The molecule has 0 amide bonds. The lowest BCUT2D eigenvalue weighted by molar-refractivity contribution is -0.317. The molecule has 14 heteroatoms. The normalized spacial score (nSPS) is 53.6. The smallest absolute Gasteiger partial charge is 0.187 e. The highest BCUT2D eigenvalue weighted by molar-refractivity contribution is 5.00. The average molecular weight is 454 g/mol. The maximum absolute atomic E-state index is 10.5. The van der Waals surface area contributed by atoms with E-state index < -0.39 is 92.2 Å². The summed E-state index contributed by atoms with van der Waals surface area (Å²) in [5.74, 6) is 0. The standard InChI is InChI=1S/C17H34N4O10/c18-2-6-10(24)13(27)17(28-6)31-15-8(21)16(29-7(3-22)11(15)25)30-14-5(20)1-4(19)9(23)12(14)26/h4-17,22-27H,1-3,18-21H2/t4-,5?,6-,7?,8?,9?,10+,11-,12-,13?,14-,15-,16-,17+/m1/s1. The van der Waals surface area contributed by atoms with E-state index in [-0.39, 0.29) is 13.0 Å². The van der Waals surface area contributed by atoms with E-state index in [1.165, 1.54) is 0 Å². The SMILES string of the molecule is NC[C@H]1O[C@@H](O[C@@H]2C(N)[C@@H](O[C@@H]3C(N)C[C@@H](N)C(O)[C@H]3O)OC(CO)[C@H]2O)C(O)[C@H]1O. The second kappa shape index (κ2) is 10.1. The highest BCUT2D eigenvalue weighted by Gasteiger charge is 2.52. The van der Waals surface area contributed by atoms with E-state index in [0.29, 0.717) is 0 Å². The topological polar surface area (TPSA) is 262 Å². The minimum absolute atomic E-state index is 0.0760. The predicted octanol–water partition coefficient (Wildman–Crippen LogP) is -6.65. The van der Waals surface area contributed by atoms with Gasteiger partial charge in [-0.05, 0) is 6.42 Å². The molecule has 2 heterocycles. The molecule has 3 aliphatic rings. The third-order valence-electron chi connectivity index (χ3n) is 6.12. The van der Waals surface area contributed by atoms with Gasteiger partial charge < -0.3 is 72.5 Å². The zero-order valence-electron chi connectivity index (χ0n) is 16.8. The Morgan fingerprint density at radius 3 is 1.90 bits per heavy atom. The number of aliphatic hydroxyl groups is 6. The molecule has 3 rings (SSSR count). The Morgan fingerprint density at radius 2 is 1.32 bits per heavy atom. The maximum Gasteiger partial charge on any atom is 0.187 e. The van der Waals surface area contributed by atoms with Crippen LogP contribution in [-0.4, -0.2) is 129 Å². The van der Waals surface area contributed by atoms with Crippen molar-refractivity contribution in [3.8, 4) is 0 Å². The second-order valence-electron chi connectivity index (χ2n) is 8.30. The summed E-state index contributed by atoms with van der Waals surface area (Å²) < 4.78 is 22.3. The van der Waals surface area contributed by atoms with Gasteiger partial charge in [0.25, 0.3) is 0 Å².